The average Bonchev–Trinajstić information content (AvgIpc) is 2.20. The maximum absolute atomic E-state index is 10.7. The van der Waals surface area contributed by atoms with Gasteiger partial charge in [-0.25, -0.2) is 4.79 Å². The third-order valence-electron chi connectivity index (χ3n) is 2.16. The number of primary amides is 1. The van der Waals surface area contributed by atoms with E-state index in [0.717, 1.165) is 5.56 Å². The summed E-state index contributed by atoms with van der Waals surface area (Å²) in [4.78, 5) is 10.7. The minimum Gasteiger partial charge on any atom is -0.396 e. The molecule has 0 aliphatic carbocycles. The highest BCUT2D eigenvalue weighted by Crippen LogP contribution is 2.18. The van der Waals surface area contributed by atoms with Crippen LogP contribution in [0.4, 0.5) is 10.5 Å². The van der Waals surface area contributed by atoms with E-state index in [2.05, 4.69) is 5.32 Å². The molecule has 0 aliphatic rings. The summed E-state index contributed by atoms with van der Waals surface area (Å²) in [6, 6.07) is 6.87. The highest BCUT2D eigenvalue weighted by Gasteiger charge is 2.07. The van der Waals surface area contributed by atoms with E-state index in [-0.39, 0.29) is 12.5 Å². The van der Waals surface area contributed by atoms with Gasteiger partial charge in [0.2, 0.25) is 0 Å². The van der Waals surface area contributed by atoms with Crippen LogP contribution in [-0.4, -0.2) is 17.7 Å². The first-order chi connectivity index (χ1) is 7.13. The van der Waals surface area contributed by atoms with Gasteiger partial charge in [-0.3, -0.25) is 0 Å². The van der Waals surface area contributed by atoms with Crippen LogP contribution in [0.3, 0.4) is 0 Å². The summed E-state index contributed by atoms with van der Waals surface area (Å²) in [5, 5.41) is 11.5. The molecule has 0 aliphatic heterocycles. The van der Waals surface area contributed by atoms with Gasteiger partial charge in [0.05, 0.1) is 0 Å². The molecule has 4 nitrogen and oxygen atoms in total. The Morgan fingerprint density at radius 1 is 1.53 bits per heavy atom. The van der Waals surface area contributed by atoms with Crippen LogP contribution in [0, 0.1) is 5.92 Å². The molecule has 1 aromatic rings. The fourth-order valence-corrected chi connectivity index (χ4v) is 1.39. The molecule has 82 valence electrons. The summed E-state index contributed by atoms with van der Waals surface area (Å²) in [6.07, 6.45) is 0.715. The van der Waals surface area contributed by atoms with Gasteiger partial charge in [0.1, 0.15) is 0 Å². The Balaban J connectivity index is 2.81. The van der Waals surface area contributed by atoms with Crippen molar-refractivity contribution in [3.05, 3.63) is 29.8 Å². The van der Waals surface area contributed by atoms with E-state index < -0.39 is 6.03 Å². The van der Waals surface area contributed by atoms with Crippen molar-refractivity contribution in [1.82, 2.24) is 0 Å². The third-order valence-corrected chi connectivity index (χ3v) is 2.16. The van der Waals surface area contributed by atoms with Gasteiger partial charge in [0.25, 0.3) is 0 Å². The van der Waals surface area contributed by atoms with Crippen LogP contribution < -0.4 is 11.1 Å². The van der Waals surface area contributed by atoms with Gasteiger partial charge in [-0.15, -0.1) is 0 Å². The molecule has 0 bridgehead atoms. The van der Waals surface area contributed by atoms with Crippen molar-refractivity contribution < 1.29 is 9.90 Å². The molecule has 0 heterocycles. The van der Waals surface area contributed by atoms with Crippen LogP contribution in [0.5, 0.6) is 0 Å². The lowest BCUT2D eigenvalue weighted by atomic mass is 10.0. The summed E-state index contributed by atoms with van der Waals surface area (Å²) in [7, 11) is 0. The Morgan fingerprint density at radius 3 is 2.80 bits per heavy atom. The van der Waals surface area contributed by atoms with Crippen LogP contribution in [0.15, 0.2) is 24.3 Å². The quantitative estimate of drug-likeness (QED) is 0.698. The number of amides is 2. The molecule has 0 spiro atoms. The number of carbonyl (C=O) groups excluding carboxylic acids is 1. The fourth-order valence-electron chi connectivity index (χ4n) is 1.39. The van der Waals surface area contributed by atoms with E-state index in [1.54, 1.807) is 6.07 Å². The van der Waals surface area contributed by atoms with Crippen molar-refractivity contribution in [3.8, 4) is 0 Å². The van der Waals surface area contributed by atoms with Crippen LogP contribution in [0.1, 0.15) is 12.5 Å². The summed E-state index contributed by atoms with van der Waals surface area (Å²) in [6.45, 7) is 2.08. The number of aliphatic hydroxyl groups excluding tert-OH is 1. The second kappa shape index (κ2) is 5.36. The maximum atomic E-state index is 10.7. The van der Waals surface area contributed by atoms with Crippen molar-refractivity contribution >= 4 is 11.7 Å². The molecule has 0 fully saturated rings. The maximum Gasteiger partial charge on any atom is 0.316 e. The van der Waals surface area contributed by atoms with Gasteiger partial charge < -0.3 is 16.2 Å². The molecule has 4 N–H and O–H groups in total. The molecule has 4 heteroatoms. The van der Waals surface area contributed by atoms with Gasteiger partial charge in [-0.2, -0.15) is 0 Å². The number of urea groups is 1. The van der Waals surface area contributed by atoms with Gasteiger partial charge in [-0.1, -0.05) is 25.1 Å². The highest BCUT2D eigenvalue weighted by molar-refractivity contribution is 5.88. The summed E-state index contributed by atoms with van der Waals surface area (Å²) in [5.41, 5.74) is 6.75. The Kier molecular flexibility index (Phi) is 4.12. The van der Waals surface area contributed by atoms with E-state index in [9.17, 15) is 4.79 Å². The number of carbonyl (C=O) groups is 1. The first-order valence-electron chi connectivity index (χ1n) is 4.88. The number of hydrogen-bond donors (Lipinski definition) is 3. The Morgan fingerprint density at radius 2 is 2.20 bits per heavy atom. The summed E-state index contributed by atoms with van der Waals surface area (Å²) in [5.74, 6) is 0.167. The van der Waals surface area contributed by atoms with Crippen molar-refractivity contribution in [2.75, 3.05) is 11.9 Å². The molecule has 0 saturated heterocycles. The van der Waals surface area contributed by atoms with Crippen molar-refractivity contribution in [1.29, 1.82) is 0 Å². The summed E-state index contributed by atoms with van der Waals surface area (Å²) >= 11 is 0. The largest absolute Gasteiger partial charge is 0.396 e. The number of nitrogens with one attached hydrogen (secondary N) is 1. The number of benzene rings is 1. The third kappa shape index (κ3) is 3.59. The van der Waals surface area contributed by atoms with E-state index in [1.165, 1.54) is 0 Å². The predicted molar refractivity (Wildman–Crippen MR) is 59.6 cm³/mol. The van der Waals surface area contributed by atoms with Crippen molar-refractivity contribution in [2.45, 2.75) is 13.3 Å². The minimum absolute atomic E-state index is 0.130. The molecular formula is C11H16N2O2. The number of aliphatic hydroxyl groups is 1. The van der Waals surface area contributed by atoms with Gasteiger partial charge in [-0.05, 0) is 24.0 Å². The van der Waals surface area contributed by atoms with Gasteiger partial charge >= 0.3 is 6.03 Å². The molecule has 0 radical (unpaired) electrons. The predicted octanol–water partition coefficient (Wildman–Crippen LogP) is 1.35. The first-order valence-corrected chi connectivity index (χ1v) is 4.88. The number of nitrogens with two attached hydrogens (primary N) is 1. The molecule has 2 amide bonds. The lowest BCUT2D eigenvalue weighted by molar-refractivity contribution is 0.237. The van der Waals surface area contributed by atoms with Crippen molar-refractivity contribution in [3.63, 3.8) is 0 Å². The molecule has 15 heavy (non-hydrogen) atoms. The number of hydrogen-bond acceptors (Lipinski definition) is 2. The van der Waals surface area contributed by atoms with Gasteiger partial charge in [0.15, 0.2) is 0 Å². The molecule has 0 saturated carbocycles. The van der Waals surface area contributed by atoms with Crippen LogP contribution in [-0.2, 0) is 6.42 Å². The zero-order chi connectivity index (χ0) is 11.3. The zero-order valence-corrected chi connectivity index (χ0v) is 8.73. The molecule has 1 rings (SSSR count). The fraction of sp³-hybridized carbons (Fsp3) is 0.364. The number of anilines is 1. The zero-order valence-electron chi connectivity index (χ0n) is 8.73. The highest BCUT2D eigenvalue weighted by atomic mass is 16.3. The molecular weight excluding hydrogens is 192 g/mol. The minimum atomic E-state index is -0.570. The number of para-hydroxylation sites is 1. The van der Waals surface area contributed by atoms with Crippen LogP contribution in [0.25, 0.3) is 0 Å². The second-order valence-electron chi connectivity index (χ2n) is 3.64. The van der Waals surface area contributed by atoms with E-state index in [0.29, 0.717) is 12.1 Å². The molecule has 0 aromatic heterocycles. The van der Waals surface area contributed by atoms with E-state index in [1.807, 2.05) is 25.1 Å². The first kappa shape index (κ1) is 11.5. The second-order valence-corrected chi connectivity index (χ2v) is 3.64. The molecule has 1 unspecified atom stereocenters. The Hall–Kier alpha value is -1.55. The van der Waals surface area contributed by atoms with E-state index >= 15 is 0 Å². The Bertz CT molecular complexity index is 339. The SMILES string of the molecule is CC(CO)Cc1ccccc1NC(N)=O. The topological polar surface area (TPSA) is 75.3 Å². The molecule has 1 aromatic carbocycles. The molecule has 1 atom stereocenters. The Labute approximate surface area is 89.1 Å². The smallest absolute Gasteiger partial charge is 0.316 e. The lowest BCUT2D eigenvalue weighted by Crippen LogP contribution is -2.20. The lowest BCUT2D eigenvalue weighted by Gasteiger charge is -2.12. The van der Waals surface area contributed by atoms with Crippen LogP contribution in [0.2, 0.25) is 0 Å². The van der Waals surface area contributed by atoms with Gasteiger partial charge in [0, 0.05) is 12.3 Å². The monoisotopic (exact) mass is 208 g/mol. The average molecular weight is 208 g/mol. The standard InChI is InChI=1S/C11H16N2O2/c1-8(7-14)6-9-4-2-3-5-10(9)13-11(12)15/h2-5,8,14H,6-7H2,1H3,(H3,12,13,15). The number of rotatable bonds is 4. The van der Waals surface area contributed by atoms with E-state index in [4.69, 9.17) is 10.8 Å². The van der Waals surface area contributed by atoms with Crippen molar-refractivity contribution in [2.24, 2.45) is 11.7 Å². The van der Waals surface area contributed by atoms with Crippen LogP contribution >= 0.6 is 0 Å². The summed E-state index contributed by atoms with van der Waals surface area (Å²) < 4.78 is 0. The normalized spacial score (nSPS) is 12.1.